The lowest BCUT2D eigenvalue weighted by atomic mass is 9.86. The van der Waals surface area contributed by atoms with Gasteiger partial charge in [0.05, 0.1) is 12.7 Å². The number of hydrogen-bond acceptors (Lipinski definition) is 4. The molecule has 0 amide bonds. The van der Waals surface area contributed by atoms with Gasteiger partial charge < -0.3 is 14.8 Å². The first-order valence-corrected chi connectivity index (χ1v) is 7.67. The van der Waals surface area contributed by atoms with E-state index in [2.05, 4.69) is 23.3 Å². The Kier molecular flexibility index (Phi) is 4.34. The summed E-state index contributed by atoms with van der Waals surface area (Å²) in [5.41, 5.74) is 1.20. The highest BCUT2D eigenvalue weighted by Gasteiger charge is 2.43. The summed E-state index contributed by atoms with van der Waals surface area (Å²) in [5.74, 6) is 0.545. The zero-order chi connectivity index (χ0) is 13.8. The average molecular weight is 276 g/mol. The molecule has 1 aliphatic carbocycles. The smallest absolute Gasteiger partial charge is 0.168 e. The lowest BCUT2D eigenvalue weighted by Crippen LogP contribution is -2.37. The van der Waals surface area contributed by atoms with Crippen LogP contribution in [0.2, 0.25) is 0 Å². The highest BCUT2D eigenvalue weighted by atomic mass is 16.7. The molecule has 0 radical (unpaired) electrons. The average Bonchev–Trinajstić information content (AvgIpc) is 2.87. The van der Waals surface area contributed by atoms with Crippen molar-refractivity contribution >= 4 is 0 Å². The first-order chi connectivity index (χ1) is 9.76. The predicted octanol–water partition coefficient (Wildman–Crippen LogP) is 2.49. The number of nitrogens with zero attached hydrogens (tertiary/aromatic N) is 1. The summed E-state index contributed by atoms with van der Waals surface area (Å²) in [6, 6.07) is 4.04. The van der Waals surface area contributed by atoms with Gasteiger partial charge in [0, 0.05) is 38.3 Å². The summed E-state index contributed by atoms with van der Waals surface area (Å²) in [7, 11) is 0. The standard InChI is InChI=1S/C16H24N2O2/c1-13-4-6-16(7-5-13)19-12-15(20-16)11-18-10-14-3-2-8-17-9-14/h2-3,8-9,13,15,18H,4-7,10-12H2,1H3/t13?,15-,16?/m1/s1. The van der Waals surface area contributed by atoms with Crippen molar-refractivity contribution in [2.75, 3.05) is 13.2 Å². The van der Waals surface area contributed by atoms with Gasteiger partial charge in [0.15, 0.2) is 5.79 Å². The van der Waals surface area contributed by atoms with Crippen molar-refractivity contribution in [1.29, 1.82) is 0 Å². The Morgan fingerprint density at radius 3 is 3.00 bits per heavy atom. The lowest BCUT2D eigenvalue weighted by Gasteiger charge is -2.34. The van der Waals surface area contributed by atoms with Crippen LogP contribution in [-0.2, 0) is 16.0 Å². The van der Waals surface area contributed by atoms with Gasteiger partial charge in [-0.05, 0) is 30.4 Å². The minimum absolute atomic E-state index is 0.181. The van der Waals surface area contributed by atoms with Crippen LogP contribution in [0.15, 0.2) is 24.5 Å². The SMILES string of the molecule is CC1CCC2(CC1)OC[C@@H](CNCc1cccnc1)O2. The molecule has 0 unspecified atom stereocenters. The summed E-state index contributed by atoms with van der Waals surface area (Å²) in [4.78, 5) is 4.11. The van der Waals surface area contributed by atoms with E-state index in [4.69, 9.17) is 9.47 Å². The van der Waals surface area contributed by atoms with Crippen LogP contribution in [0.4, 0.5) is 0 Å². The molecule has 2 aliphatic rings. The van der Waals surface area contributed by atoms with E-state index in [9.17, 15) is 0 Å². The minimum atomic E-state index is -0.271. The molecule has 20 heavy (non-hydrogen) atoms. The van der Waals surface area contributed by atoms with E-state index in [0.717, 1.165) is 31.8 Å². The molecule has 0 bridgehead atoms. The number of hydrogen-bond donors (Lipinski definition) is 1. The van der Waals surface area contributed by atoms with E-state index in [-0.39, 0.29) is 11.9 Å². The first kappa shape index (κ1) is 14.0. The third-order valence-corrected chi connectivity index (χ3v) is 4.37. The van der Waals surface area contributed by atoms with Gasteiger partial charge in [-0.3, -0.25) is 4.98 Å². The largest absolute Gasteiger partial charge is 0.347 e. The van der Waals surface area contributed by atoms with Crippen molar-refractivity contribution in [3.05, 3.63) is 30.1 Å². The number of nitrogens with one attached hydrogen (secondary N) is 1. The second-order valence-electron chi connectivity index (χ2n) is 6.14. The molecule has 2 heterocycles. The maximum absolute atomic E-state index is 6.18. The van der Waals surface area contributed by atoms with Crippen LogP contribution in [0.5, 0.6) is 0 Å². The summed E-state index contributed by atoms with van der Waals surface area (Å²) < 4.78 is 12.1. The Labute approximate surface area is 120 Å². The van der Waals surface area contributed by atoms with Crippen LogP contribution in [0.25, 0.3) is 0 Å². The summed E-state index contributed by atoms with van der Waals surface area (Å²) in [6.45, 7) is 4.70. The molecule has 1 spiro atoms. The molecule has 1 atom stereocenters. The molecule has 1 N–H and O–H groups in total. The quantitative estimate of drug-likeness (QED) is 0.917. The van der Waals surface area contributed by atoms with Crippen LogP contribution >= 0.6 is 0 Å². The van der Waals surface area contributed by atoms with Gasteiger partial charge in [-0.1, -0.05) is 13.0 Å². The van der Waals surface area contributed by atoms with Gasteiger partial charge >= 0.3 is 0 Å². The van der Waals surface area contributed by atoms with Crippen LogP contribution in [0.1, 0.15) is 38.2 Å². The van der Waals surface area contributed by atoms with Crippen molar-refractivity contribution in [2.24, 2.45) is 5.92 Å². The van der Waals surface area contributed by atoms with Crippen LogP contribution in [0, 0.1) is 5.92 Å². The van der Waals surface area contributed by atoms with E-state index in [1.807, 2.05) is 12.3 Å². The van der Waals surface area contributed by atoms with Crippen LogP contribution in [0.3, 0.4) is 0 Å². The Bertz CT molecular complexity index is 416. The van der Waals surface area contributed by atoms with Gasteiger partial charge in [-0.15, -0.1) is 0 Å². The molecule has 4 nitrogen and oxygen atoms in total. The van der Waals surface area contributed by atoms with Crippen molar-refractivity contribution in [1.82, 2.24) is 10.3 Å². The maximum Gasteiger partial charge on any atom is 0.168 e. The number of ether oxygens (including phenoxy) is 2. The molecule has 0 aromatic carbocycles. The lowest BCUT2D eigenvalue weighted by molar-refractivity contribution is -0.191. The third-order valence-electron chi connectivity index (χ3n) is 4.37. The maximum atomic E-state index is 6.18. The van der Waals surface area contributed by atoms with E-state index in [1.54, 1.807) is 6.20 Å². The van der Waals surface area contributed by atoms with Crippen LogP contribution < -0.4 is 5.32 Å². The summed E-state index contributed by atoms with van der Waals surface area (Å²) in [6.07, 6.45) is 8.40. The zero-order valence-electron chi connectivity index (χ0n) is 12.2. The van der Waals surface area contributed by atoms with E-state index < -0.39 is 0 Å². The second-order valence-corrected chi connectivity index (χ2v) is 6.14. The molecule has 1 saturated carbocycles. The van der Waals surface area contributed by atoms with Crippen molar-refractivity contribution in [3.63, 3.8) is 0 Å². The van der Waals surface area contributed by atoms with E-state index >= 15 is 0 Å². The van der Waals surface area contributed by atoms with Crippen molar-refractivity contribution in [3.8, 4) is 0 Å². The Balaban J connectivity index is 1.42. The molecule has 2 fully saturated rings. The number of pyridine rings is 1. The van der Waals surface area contributed by atoms with E-state index in [0.29, 0.717) is 6.61 Å². The topological polar surface area (TPSA) is 43.4 Å². The monoisotopic (exact) mass is 276 g/mol. The van der Waals surface area contributed by atoms with E-state index in [1.165, 1.54) is 18.4 Å². The Morgan fingerprint density at radius 1 is 1.40 bits per heavy atom. The van der Waals surface area contributed by atoms with Crippen molar-refractivity contribution in [2.45, 2.75) is 51.0 Å². The van der Waals surface area contributed by atoms with Crippen LogP contribution in [-0.4, -0.2) is 30.0 Å². The van der Waals surface area contributed by atoms with Gasteiger partial charge in [-0.2, -0.15) is 0 Å². The zero-order valence-corrected chi connectivity index (χ0v) is 12.2. The fourth-order valence-electron chi connectivity index (χ4n) is 3.06. The molecule has 3 rings (SSSR count). The Morgan fingerprint density at radius 2 is 2.25 bits per heavy atom. The predicted molar refractivity (Wildman–Crippen MR) is 77.1 cm³/mol. The second kappa shape index (κ2) is 6.20. The minimum Gasteiger partial charge on any atom is -0.347 e. The molecule has 110 valence electrons. The molecule has 1 saturated heterocycles. The summed E-state index contributed by atoms with van der Waals surface area (Å²) in [5, 5.41) is 3.43. The normalized spacial score (nSPS) is 33.6. The Hall–Kier alpha value is -0.970. The number of rotatable bonds is 4. The molecule has 1 aliphatic heterocycles. The fraction of sp³-hybridized carbons (Fsp3) is 0.688. The van der Waals surface area contributed by atoms with Gasteiger partial charge in [0.2, 0.25) is 0 Å². The first-order valence-electron chi connectivity index (χ1n) is 7.67. The number of aromatic nitrogens is 1. The van der Waals surface area contributed by atoms with Gasteiger partial charge in [0.25, 0.3) is 0 Å². The highest BCUT2D eigenvalue weighted by Crippen LogP contribution is 2.39. The van der Waals surface area contributed by atoms with Gasteiger partial charge in [-0.25, -0.2) is 0 Å². The fourth-order valence-corrected chi connectivity index (χ4v) is 3.06. The molecule has 1 aromatic rings. The third kappa shape index (κ3) is 3.37. The molecular formula is C16H24N2O2. The van der Waals surface area contributed by atoms with Crippen molar-refractivity contribution < 1.29 is 9.47 Å². The highest BCUT2D eigenvalue weighted by molar-refractivity contribution is 5.07. The van der Waals surface area contributed by atoms with Gasteiger partial charge in [0.1, 0.15) is 0 Å². The summed E-state index contributed by atoms with van der Waals surface area (Å²) >= 11 is 0. The molecular weight excluding hydrogens is 252 g/mol. The molecule has 4 heteroatoms. The molecule has 1 aromatic heterocycles.